The molecule has 1 heterocycles. The van der Waals surface area contributed by atoms with Crippen molar-refractivity contribution in [2.24, 2.45) is 5.10 Å². The van der Waals surface area contributed by atoms with Gasteiger partial charge >= 0.3 is 0 Å². The molecule has 8 nitrogen and oxygen atoms in total. The molecule has 9 heteroatoms. The first-order valence-electron chi connectivity index (χ1n) is 6.55. The van der Waals surface area contributed by atoms with Crippen LogP contribution in [0.2, 0.25) is 0 Å². The van der Waals surface area contributed by atoms with E-state index in [9.17, 15) is 4.79 Å². The SMILES string of the molecule is COc1ccc(/C=N/n2c(=S)[nH]nc(C)c2=O)c(OC)c1OC. The Labute approximate surface area is 137 Å². The molecule has 0 spiro atoms. The minimum atomic E-state index is -0.399. The fourth-order valence-corrected chi connectivity index (χ4v) is 2.10. The number of nitrogens with one attached hydrogen (secondary N) is 1. The van der Waals surface area contributed by atoms with Crippen molar-refractivity contribution in [3.63, 3.8) is 0 Å². The van der Waals surface area contributed by atoms with Gasteiger partial charge in [0.25, 0.3) is 5.56 Å². The van der Waals surface area contributed by atoms with Crippen LogP contribution in [0.25, 0.3) is 0 Å². The molecule has 0 fully saturated rings. The second-order valence-electron chi connectivity index (χ2n) is 4.40. The minimum Gasteiger partial charge on any atom is -0.493 e. The first-order valence-corrected chi connectivity index (χ1v) is 6.96. The monoisotopic (exact) mass is 336 g/mol. The summed E-state index contributed by atoms with van der Waals surface area (Å²) in [6.45, 7) is 1.57. The summed E-state index contributed by atoms with van der Waals surface area (Å²) in [6.07, 6.45) is 1.45. The lowest BCUT2D eigenvalue weighted by Crippen LogP contribution is -2.22. The number of rotatable bonds is 5. The van der Waals surface area contributed by atoms with Gasteiger partial charge in [0, 0.05) is 5.56 Å². The van der Waals surface area contributed by atoms with E-state index in [4.69, 9.17) is 26.4 Å². The minimum absolute atomic E-state index is 0.0938. The van der Waals surface area contributed by atoms with Crippen molar-refractivity contribution in [3.05, 3.63) is 38.5 Å². The molecule has 2 rings (SSSR count). The Morgan fingerprint density at radius 3 is 2.52 bits per heavy atom. The van der Waals surface area contributed by atoms with E-state index in [0.29, 0.717) is 22.8 Å². The van der Waals surface area contributed by atoms with Gasteiger partial charge in [-0.1, -0.05) is 0 Å². The molecule has 0 saturated carbocycles. The van der Waals surface area contributed by atoms with E-state index in [2.05, 4.69) is 15.3 Å². The Kier molecular flexibility index (Phi) is 5.12. The average Bonchev–Trinajstić information content (AvgIpc) is 2.57. The maximum absolute atomic E-state index is 12.0. The molecular formula is C14H16N4O4S. The Morgan fingerprint density at radius 1 is 1.22 bits per heavy atom. The van der Waals surface area contributed by atoms with Crippen LogP contribution in [-0.4, -0.2) is 42.4 Å². The van der Waals surface area contributed by atoms with E-state index < -0.39 is 5.56 Å². The largest absolute Gasteiger partial charge is 0.493 e. The van der Waals surface area contributed by atoms with Gasteiger partial charge in [0.15, 0.2) is 11.5 Å². The molecular weight excluding hydrogens is 320 g/mol. The number of ether oxygens (including phenoxy) is 3. The van der Waals surface area contributed by atoms with E-state index >= 15 is 0 Å². The molecule has 0 saturated heterocycles. The van der Waals surface area contributed by atoms with Gasteiger partial charge < -0.3 is 14.2 Å². The maximum atomic E-state index is 12.0. The molecule has 0 unspecified atom stereocenters. The molecule has 1 N–H and O–H groups in total. The Morgan fingerprint density at radius 2 is 1.91 bits per heavy atom. The fourth-order valence-electron chi connectivity index (χ4n) is 1.92. The summed E-state index contributed by atoms with van der Waals surface area (Å²) in [6, 6.07) is 3.44. The van der Waals surface area contributed by atoms with Crippen molar-refractivity contribution in [2.75, 3.05) is 21.3 Å². The number of benzene rings is 1. The van der Waals surface area contributed by atoms with Crippen molar-refractivity contribution in [3.8, 4) is 17.2 Å². The van der Waals surface area contributed by atoms with Crippen LogP contribution in [0.15, 0.2) is 22.0 Å². The summed E-state index contributed by atoms with van der Waals surface area (Å²) in [5, 5.41) is 10.4. The van der Waals surface area contributed by atoms with E-state index in [0.717, 1.165) is 4.68 Å². The van der Waals surface area contributed by atoms with Gasteiger partial charge in [0.1, 0.15) is 5.69 Å². The van der Waals surface area contributed by atoms with Crippen molar-refractivity contribution in [1.82, 2.24) is 14.9 Å². The zero-order chi connectivity index (χ0) is 17.0. The predicted octanol–water partition coefficient (Wildman–Crippen LogP) is 1.52. The number of aryl methyl sites for hydroxylation is 1. The highest BCUT2D eigenvalue weighted by molar-refractivity contribution is 7.71. The van der Waals surface area contributed by atoms with Crippen LogP contribution in [0, 0.1) is 11.7 Å². The summed E-state index contributed by atoms with van der Waals surface area (Å²) < 4.78 is 17.0. The Bertz CT molecular complexity index is 857. The van der Waals surface area contributed by atoms with Gasteiger partial charge in [-0.2, -0.15) is 14.9 Å². The van der Waals surface area contributed by atoms with E-state index in [1.165, 1.54) is 27.5 Å². The summed E-state index contributed by atoms with van der Waals surface area (Å²) in [5.41, 5.74) is 0.459. The van der Waals surface area contributed by atoms with Crippen LogP contribution in [0.1, 0.15) is 11.3 Å². The second-order valence-corrected chi connectivity index (χ2v) is 4.79. The Hall–Kier alpha value is -2.68. The first kappa shape index (κ1) is 16.7. The molecule has 0 aliphatic rings. The first-order chi connectivity index (χ1) is 11.0. The highest BCUT2D eigenvalue weighted by atomic mass is 32.1. The summed E-state index contributed by atoms with van der Waals surface area (Å²) >= 11 is 5.02. The summed E-state index contributed by atoms with van der Waals surface area (Å²) in [5.74, 6) is 1.39. The van der Waals surface area contributed by atoms with E-state index in [-0.39, 0.29) is 10.5 Å². The highest BCUT2D eigenvalue weighted by Crippen LogP contribution is 2.38. The van der Waals surface area contributed by atoms with Gasteiger partial charge in [0.2, 0.25) is 10.5 Å². The maximum Gasteiger partial charge on any atom is 0.296 e. The predicted molar refractivity (Wildman–Crippen MR) is 87.5 cm³/mol. The smallest absolute Gasteiger partial charge is 0.296 e. The Balaban J connectivity index is 2.55. The lowest BCUT2D eigenvalue weighted by molar-refractivity contribution is 0.324. The highest BCUT2D eigenvalue weighted by Gasteiger charge is 2.14. The normalized spacial score (nSPS) is 10.8. The van der Waals surface area contributed by atoms with Crippen molar-refractivity contribution < 1.29 is 14.2 Å². The van der Waals surface area contributed by atoms with Crippen LogP contribution in [0.4, 0.5) is 0 Å². The molecule has 23 heavy (non-hydrogen) atoms. The number of H-pyrrole nitrogens is 1. The van der Waals surface area contributed by atoms with Crippen molar-refractivity contribution in [2.45, 2.75) is 6.92 Å². The zero-order valence-electron chi connectivity index (χ0n) is 13.1. The number of aromatic amines is 1. The molecule has 0 bridgehead atoms. The van der Waals surface area contributed by atoms with Gasteiger partial charge in [-0.3, -0.25) is 9.89 Å². The molecule has 0 radical (unpaired) electrons. The lowest BCUT2D eigenvalue weighted by atomic mass is 10.2. The molecule has 2 aromatic rings. The summed E-state index contributed by atoms with van der Waals surface area (Å²) in [4.78, 5) is 12.0. The zero-order valence-corrected chi connectivity index (χ0v) is 13.9. The molecule has 0 aliphatic carbocycles. The van der Waals surface area contributed by atoms with Crippen LogP contribution < -0.4 is 19.8 Å². The van der Waals surface area contributed by atoms with Gasteiger partial charge in [-0.15, -0.1) is 0 Å². The fraction of sp³-hybridized carbons (Fsp3) is 0.286. The van der Waals surface area contributed by atoms with E-state index in [1.807, 2.05) is 0 Å². The second kappa shape index (κ2) is 7.05. The molecule has 0 amide bonds. The third kappa shape index (κ3) is 3.24. The van der Waals surface area contributed by atoms with Gasteiger partial charge in [-0.05, 0) is 31.3 Å². The molecule has 122 valence electrons. The number of aromatic nitrogens is 3. The third-order valence-corrected chi connectivity index (χ3v) is 3.32. The van der Waals surface area contributed by atoms with Crippen LogP contribution >= 0.6 is 12.2 Å². The number of hydrogen-bond acceptors (Lipinski definition) is 7. The topological polar surface area (TPSA) is 90.7 Å². The van der Waals surface area contributed by atoms with Gasteiger partial charge in [-0.25, -0.2) is 0 Å². The number of nitrogens with zero attached hydrogens (tertiary/aromatic N) is 3. The van der Waals surface area contributed by atoms with Crippen LogP contribution in [-0.2, 0) is 0 Å². The summed E-state index contributed by atoms with van der Waals surface area (Å²) in [7, 11) is 4.54. The number of methoxy groups -OCH3 is 3. The lowest BCUT2D eigenvalue weighted by Gasteiger charge is -2.13. The van der Waals surface area contributed by atoms with Crippen molar-refractivity contribution in [1.29, 1.82) is 0 Å². The molecule has 0 aliphatic heterocycles. The van der Waals surface area contributed by atoms with Crippen molar-refractivity contribution >= 4 is 18.4 Å². The molecule has 1 aromatic carbocycles. The number of hydrogen-bond donors (Lipinski definition) is 1. The van der Waals surface area contributed by atoms with E-state index in [1.54, 1.807) is 19.1 Å². The molecule has 1 aromatic heterocycles. The standard InChI is InChI=1S/C14H16N4O4S/c1-8-13(19)18(14(23)17-16-8)15-7-9-5-6-10(20-2)12(22-4)11(9)21-3/h5-7H,1-4H3,(H,17,23)/b15-7+. The third-order valence-electron chi connectivity index (χ3n) is 3.06. The van der Waals surface area contributed by atoms with Gasteiger partial charge in [0.05, 0.1) is 27.5 Å². The van der Waals surface area contributed by atoms with Crippen LogP contribution in [0.5, 0.6) is 17.2 Å². The average molecular weight is 336 g/mol. The van der Waals surface area contributed by atoms with Crippen LogP contribution in [0.3, 0.4) is 0 Å². The molecule has 0 atom stereocenters. The quantitative estimate of drug-likeness (QED) is 0.657.